The third kappa shape index (κ3) is 3.45. The molecule has 0 saturated carbocycles. The number of nitrogens with one attached hydrogen (secondary N) is 1. The third-order valence-corrected chi connectivity index (χ3v) is 2.38. The molecule has 4 heteroatoms. The Labute approximate surface area is 106 Å². The van der Waals surface area contributed by atoms with E-state index in [2.05, 4.69) is 10.3 Å². The van der Waals surface area contributed by atoms with Gasteiger partial charge in [-0.15, -0.1) is 0 Å². The van der Waals surface area contributed by atoms with Crippen molar-refractivity contribution in [3.05, 3.63) is 54.0 Å². The highest BCUT2D eigenvalue weighted by Crippen LogP contribution is 2.15. The number of anilines is 1. The molecule has 0 bridgehead atoms. The fourth-order valence-electron chi connectivity index (χ4n) is 1.57. The average molecular weight is 246 g/mol. The van der Waals surface area contributed by atoms with Crippen LogP contribution in [0.2, 0.25) is 0 Å². The lowest BCUT2D eigenvalue weighted by Crippen LogP contribution is -2.01. The summed E-state index contributed by atoms with van der Waals surface area (Å²) < 4.78 is 18.5. The molecule has 2 aromatic rings. The molecule has 1 aromatic carbocycles. The summed E-state index contributed by atoms with van der Waals surface area (Å²) in [7, 11) is 0. The molecule has 3 nitrogen and oxygen atoms in total. The van der Waals surface area contributed by atoms with Gasteiger partial charge >= 0.3 is 0 Å². The molecule has 0 atom stereocenters. The number of nitrogens with zero attached hydrogens (tertiary/aromatic N) is 1. The van der Waals surface area contributed by atoms with Gasteiger partial charge in [0.1, 0.15) is 24.0 Å². The van der Waals surface area contributed by atoms with E-state index in [1.165, 1.54) is 12.1 Å². The van der Waals surface area contributed by atoms with Crippen molar-refractivity contribution in [1.29, 1.82) is 0 Å². The molecule has 0 spiro atoms. The summed E-state index contributed by atoms with van der Waals surface area (Å²) in [5.41, 5.74) is 0.991. The molecule has 0 unspecified atom stereocenters. The molecule has 0 amide bonds. The second-order valence-electron chi connectivity index (χ2n) is 3.83. The number of rotatable bonds is 5. The molecule has 0 aliphatic rings. The first-order chi connectivity index (χ1) is 8.78. The van der Waals surface area contributed by atoms with Crippen LogP contribution in [0.5, 0.6) is 5.75 Å². The predicted molar refractivity (Wildman–Crippen MR) is 69.1 cm³/mol. The van der Waals surface area contributed by atoms with Gasteiger partial charge in [0, 0.05) is 18.8 Å². The normalized spacial score (nSPS) is 10.1. The summed E-state index contributed by atoms with van der Waals surface area (Å²) in [5, 5.41) is 3.13. The van der Waals surface area contributed by atoms with Gasteiger partial charge < -0.3 is 10.1 Å². The number of halogens is 1. The summed E-state index contributed by atoms with van der Waals surface area (Å²) in [4.78, 5) is 4.17. The standard InChI is InChI=1S/C14H15FN2O/c1-2-16-14-8-11(6-7-17-14)10-18-13-5-3-4-12(15)9-13/h3-9H,2,10H2,1H3,(H,16,17). The SMILES string of the molecule is CCNc1cc(COc2cccc(F)c2)ccn1. The smallest absolute Gasteiger partial charge is 0.126 e. The fraction of sp³-hybridized carbons (Fsp3) is 0.214. The van der Waals surface area contributed by atoms with Crippen LogP contribution in [0.4, 0.5) is 10.2 Å². The first-order valence-electron chi connectivity index (χ1n) is 5.85. The second-order valence-corrected chi connectivity index (χ2v) is 3.83. The zero-order valence-electron chi connectivity index (χ0n) is 10.2. The van der Waals surface area contributed by atoms with E-state index < -0.39 is 0 Å². The quantitative estimate of drug-likeness (QED) is 0.879. The van der Waals surface area contributed by atoms with E-state index in [0.717, 1.165) is 17.9 Å². The van der Waals surface area contributed by atoms with E-state index in [4.69, 9.17) is 4.74 Å². The van der Waals surface area contributed by atoms with E-state index in [1.54, 1.807) is 18.3 Å². The Morgan fingerprint density at radius 3 is 2.94 bits per heavy atom. The average Bonchev–Trinajstić information content (AvgIpc) is 2.37. The molecule has 0 radical (unpaired) electrons. The van der Waals surface area contributed by atoms with Crippen molar-refractivity contribution in [2.24, 2.45) is 0 Å². The lowest BCUT2D eigenvalue weighted by atomic mass is 10.2. The molecule has 0 fully saturated rings. The Hall–Kier alpha value is -2.10. The van der Waals surface area contributed by atoms with Crippen LogP contribution in [0.3, 0.4) is 0 Å². The maximum atomic E-state index is 13.0. The zero-order chi connectivity index (χ0) is 12.8. The van der Waals surface area contributed by atoms with Gasteiger partial charge in [-0.1, -0.05) is 6.07 Å². The Balaban J connectivity index is 1.99. The first-order valence-corrected chi connectivity index (χ1v) is 5.85. The molecule has 18 heavy (non-hydrogen) atoms. The monoisotopic (exact) mass is 246 g/mol. The van der Waals surface area contributed by atoms with Crippen LogP contribution in [0.15, 0.2) is 42.6 Å². The molecule has 0 aliphatic carbocycles. The van der Waals surface area contributed by atoms with Gasteiger partial charge in [-0.2, -0.15) is 0 Å². The molecular weight excluding hydrogens is 231 g/mol. The summed E-state index contributed by atoms with van der Waals surface area (Å²) >= 11 is 0. The van der Waals surface area contributed by atoms with E-state index in [1.807, 2.05) is 19.1 Å². The van der Waals surface area contributed by atoms with Crippen LogP contribution in [0.25, 0.3) is 0 Å². The van der Waals surface area contributed by atoms with E-state index in [9.17, 15) is 4.39 Å². The number of aromatic nitrogens is 1. The van der Waals surface area contributed by atoms with Crippen LogP contribution < -0.4 is 10.1 Å². The van der Waals surface area contributed by atoms with Crippen molar-refractivity contribution >= 4 is 5.82 Å². The van der Waals surface area contributed by atoms with Crippen molar-refractivity contribution in [2.75, 3.05) is 11.9 Å². The molecular formula is C14H15FN2O. The van der Waals surface area contributed by atoms with Crippen molar-refractivity contribution in [1.82, 2.24) is 4.98 Å². The largest absolute Gasteiger partial charge is 0.489 e. The Morgan fingerprint density at radius 1 is 1.28 bits per heavy atom. The number of hydrogen-bond donors (Lipinski definition) is 1. The van der Waals surface area contributed by atoms with Crippen molar-refractivity contribution in [2.45, 2.75) is 13.5 Å². The van der Waals surface area contributed by atoms with E-state index >= 15 is 0 Å². The maximum absolute atomic E-state index is 13.0. The van der Waals surface area contributed by atoms with Crippen LogP contribution in [-0.4, -0.2) is 11.5 Å². The van der Waals surface area contributed by atoms with Crippen molar-refractivity contribution in [3.63, 3.8) is 0 Å². The Kier molecular flexibility index (Phi) is 4.12. The second kappa shape index (κ2) is 6.00. The molecule has 94 valence electrons. The predicted octanol–water partition coefficient (Wildman–Crippen LogP) is 3.23. The highest BCUT2D eigenvalue weighted by atomic mass is 19.1. The minimum absolute atomic E-state index is 0.296. The molecule has 0 aliphatic heterocycles. The van der Waals surface area contributed by atoms with Gasteiger partial charge in [0.25, 0.3) is 0 Å². The highest BCUT2D eigenvalue weighted by molar-refractivity contribution is 5.37. The van der Waals surface area contributed by atoms with Gasteiger partial charge in [0.15, 0.2) is 0 Å². The van der Waals surface area contributed by atoms with Crippen LogP contribution >= 0.6 is 0 Å². The molecule has 0 saturated heterocycles. The molecule has 1 N–H and O–H groups in total. The van der Waals surface area contributed by atoms with Crippen LogP contribution in [0.1, 0.15) is 12.5 Å². The molecule has 2 rings (SSSR count). The van der Waals surface area contributed by atoms with Gasteiger partial charge in [-0.3, -0.25) is 0 Å². The summed E-state index contributed by atoms with van der Waals surface area (Å²) in [6.45, 7) is 3.23. The number of hydrogen-bond acceptors (Lipinski definition) is 3. The number of benzene rings is 1. The van der Waals surface area contributed by atoms with Gasteiger partial charge in [-0.25, -0.2) is 9.37 Å². The summed E-state index contributed by atoms with van der Waals surface area (Å²) in [6.07, 6.45) is 1.72. The highest BCUT2D eigenvalue weighted by Gasteiger charge is 1.99. The molecule has 1 aromatic heterocycles. The van der Waals surface area contributed by atoms with Crippen molar-refractivity contribution in [3.8, 4) is 5.75 Å². The number of ether oxygens (including phenoxy) is 1. The van der Waals surface area contributed by atoms with Crippen LogP contribution in [-0.2, 0) is 6.61 Å². The van der Waals surface area contributed by atoms with E-state index in [0.29, 0.717) is 12.4 Å². The summed E-state index contributed by atoms with van der Waals surface area (Å²) in [5.74, 6) is 1.05. The Morgan fingerprint density at radius 2 is 2.17 bits per heavy atom. The van der Waals surface area contributed by atoms with Crippen LogP contribution in [0, 0.1) is 5.82 Å². The Bertz CT molecular complexity index is 517. The zero-order valence-corrected chi connectivity index (χ0v) is 10.2. The van der Waals surface area contributed by atoms with Gasteiger partial charge in [0.2, 0.25) is 0 Å². The van der Waals surface area contributed by atoms with Gasteiger partial charge in [-0.05, 0) is 36.8 Å². The van der Waals surface area contributed by atoms with E-state index in [-0.39, 0.29) is 5.82 Å². The maximum Gasteiger partial charge on any atom is 0.126 e. The number of pyridine rings is 1. The third-order valence-electron chi connectivity index (χ3n) is 2.38. The topological polar surface area (TPSA) is 34.1 Å². The minimum atomic E-state index is -0.296. The lowest BCUT2D eigenvalue weighted by Gasteiger charge is -2.08. The summed E-state index contributed by atoms with van der Waals surface area (Å²) in [6, 6.07) is 9.91. The first kappa shape index (κ1) is 12.4. The fourth-order valence-corrected chi connectivity index (χ4v) is 1.57. The van der Waals surface area contributed by atoms with Crippen molar-refractivity contribution < 1.29 is 9.13 Å². The minimum Gasteiger partial charge on any atom is -0.489 e. The van der Waals surface area contributed by atoms with Gasteiger partial charge in [0.05, 0.1) is 0 Å². The molecule has 1 heterocycles. The lowest BCUT2D eigenvalue weighted by molar-refractivity contribution is 0.304.